The van der Waals surface area contributed by atoms with Crippen LogP contribution in [-0.4, -0.2) is 41.9 Å². The highest BCUT2D eigenvalue weighted by Crippen LogP contribution is 2.55. The SMILES string of the molecule is COCCOc1cccc(NC2(C(=O)O)CCC3(CC2)C(Br)=Cc2ccccc23)n1. The van der Waals surface area contributed by atoms with Crippen molar-refractivity contribution in [2.45, 2.75) is 36.6 Å². The number of aromatic nitrogens is 1. The van der Waals surface area contributed by atoms with Crippen LogP contribution in [0, 0.1) is 0 Å². The maximum Gasteiger partial charge on any atom is 0.329 e. The molecule has 1 aromatic carbocycles. The van der Waals surface area contributed by atoms with Crippen LogP contribution >= 0.6 is 15.9 Å². The van der Waals surface area contributed by atoms with Gasteiger partial charge in [-0.3, -0.25) is 0 Å². The molecule has 4 rings (SSSR count). The Morgan fingerprint density at radius 3 is 2.63 bits per heavy atom. The lowest BCUT2D eigenvalue weighted by atomic mass is 9.65. The fraction of sp³-hybridized carbons (Fsp3) is 0.391. The Morgan fingerprint density at radius 1 is 1.13 bits per heavy atom. The van der Waals surface area contributed by atoms with Crippen molar-refractivity contribution in [3.05, 3.63) is 58.1 Å². The topological polar surface area (TPSA) is 80.7 Å². The van der Waals surface area contributed by atoms with Crippen LogP contribution in [-0.2, 0) is 14.9 Å². The van der Waals surface area contributed by atoms with Gasteiger partial charge in [-0.2, -0.15) is 4.98 Å². The number of ether oxygens (including phenoxy) is 2. The van der Waals surface area contributed by atoms with Crippen molar-refractivity contribution < 1.29 is 19.4 Å². The first-order valence-electron chi connectivity index (χ1n) is 10.1. The molecule has 0 radical (unpaired) electrons. The lowest BCUT2D eigenvalue weighted by Gasteiger charge is -2.44. The maximum atomic E-state index is 12.3. The molecule has 0 atom stereocenters. The number of benzene rings is 1. The second-order valence-corrected chi connectivity index (χ2v) is 8.73. The monoisotopic (exact) mass is 472 g/mol. The second-order valence-electron chi connectivity index (χ2n) is 7.88. The van der Waals surface area contributed by atoms with E-state index in [9.17, 15) is 9.90 Å². The molecule has 1 saturated carbocycles. The van der Waals surface area contributed by atoms with Gasteiger partial charge in [-0.15, -0.1) is 0 Å². The first kappa shape index (κ1) is 20.9. The van der Waals surface area contributed by atoms with Crippen molar-refractivity contribution >= 4 is 33.8 Å². The summed E-state index contributed by atoms with van der Waals surface area (Å²) in [4.78, 5) is 16.8. The molecular weight excluding hydrogens is 448 g/mol. The van der Waals surface area contributed by atoms with E-state index in [0.29, 0.717) is 37.8 Å². The molecule has 7 heteroatoms. The zero-order chi connectivity index (χ0) is 21.2. The molecule has 0 aliphatic heterocycles. The molecule has 2 N–H and O–H groups in total. The molecule has 2 aliphatic carbocycles. The minimum atomic E-state index is -1.06. The highest BCUT2D eigenvalue weighted by Gasteiger charge is 2.51. The molecule has 1 heterocycles. The first-order chi connectivity index (χ1) is 14.5. The minimum absolute atomic E-state index is 0.143. The molecule has 6 nitrogen and oxygen atoms in total. The summed E-state index contributed by atoms with van der Waals surface area (Å²) < 4.78 is 11.7. The number of halogens is 1. The van der Waals surface area contributed by atoms with Gasteiger partial charge in [0.05, 0.1) is 6.61 Å². The summed E-state index contributed by atoms with van der Waals surface area (Å²) in [7, 11) is 1.61. The number of nitrogens with zero attached hydrogens (tertiary/aromatic N) is 1. The number of nitrogens with one attached hydrogen (secondary N) is 1. The predicted molar refractivity (Wildman–Crippen MR) is 119 cm³/mol. The number of carboxylic acid groups (broad SMARTS) is 1. The van der Waals surface area contributed by atoms with E-state index >= 15 is 0 Å². The first-order valence-corrected chi connectivity index (χ1v) is 10.9. The molecule has 1 spiro atoms. The Labute approximate surface area is 184 Å². The Bertz CT molecular complexity index is 967. The van der Waals surface area contributed by atoms with Crippen molar-refractivity contribution in [2.75, 3.05) is 25.6 Å². The van der Waals surface area contributed by atoms with Gasteiger partial charge in [0.25, 0.3) is 0 Å². The van der Waals surface area contributed by atoms with Crippen molar-refractivity contribution in [3.8, 4) is 5.88 Å². The van der Waals surface area contributed by atoms with E-state index in [1.54, 1.807) is 19.2 Å². The van der Waals surface area contributed by atoms with Crippen LogP contribution in [0.25, 0.3) is 6.08 Å². The molecule has 158 valence electrons. The zero-order valence-electron chi connectivity index (χ0n) is 16.9. The van der Waals surface area contributed by atoms with Crippen LogP contribution in [0.15, 0.2) is 46.9 Å². The molecular formula is C23H25BrN2O4. The van der Waals surface area contributed by atoms with E-state index < -0.39 is 11.5 Å². The summed E-state index contributed by atoms with van der Waals surface area (Å²) in [6, 6.07) is 13.7. The van der Waals surface area contributed by atoms with Gasteiger partial charge < -0.3 is 19.9 Å². The Morgan fingerprint density at radius 2 is 1.90 bits per heavy atom. The number of aliphatic carboxylic acids is 1. The summed E-state index contributed by atoms with van der Waals surface area (Å²) in [6.45, 7) is 0.851. The molecule has 1 aromatic heterocycles. The molecule has 0 unspecified atom stereocenters. The van der Waals surface area contributed by atoms with Crippen LogP contribution in [0.5, 0.6) is 5.88 Å². The van der Waals surface area contributed by atoms with Gasteiger partial charge in [-0.25, -0.2) is 4.79 Å². The van der Waals surface area contributed by atoms with E-state index in [0.717, 1.165) is 17.3 Å². The maximum absolute atomic E-state index is 12.3. The number of allylic oxidation sites excluding steroid dienone is 1. The van der Waals surface area contributed by atoms with E-state index in [2.05, 4.69) is 50.5 Å². The average molecular weight is 473 g/mol. The summed E-state index contributed by atoms with van der Waals surface area (Å²) >= 11 is 3.77. The summed E-state index contributed by atoms with van der Waals surface area (Å²) in [5.74, 6) is 0.0983. The Kier molecular flexibility index (Phi) is 5.84. The number of rotatable bonds is 7. The van der Waals surface area contributed by atoms with Crippen LogP contribution in [0.4, 0.5) is 5.82 Å². The predicted octanol–water partition coefficient (Wildman–Crippen LogP) is 4.60. The van der Waals surface area contributed by atoms with Crippen LogP contribution in [0.3, 0.4) is 0 Å². The highest BCUT2D eigenvalue weighted by atomic mass is 79.9. The normalized spacial score (nSPS) is 24.9. The van der Waals surface area contributed by atoms with Crippen molar-refractivity contribution in [1.82, 2.24) is 4.98 Å². The average Bonchev–Trinajstić information content (AvgIpc) is 3.02. The largest absolute Gasteiger partial charge is 0.480 e. The smallest absolute Gasteiger partial charge is 0.329 e. The lowest BCUT2D eigenvalue weighted by molar-refractivity contribution is -0.143. The molecule has 0 amide bonds. The van der Waals surface area contributed by atoms with Gasteiger partial charge in [-0.05, 0) is 49.0 Å². The van der Waals surface area contributed by atoms with Crippen molar-refractivity contribution in [1.29, 1.82) is 0 Å². The third kappa shape index (κ3) is 3.72. The number of fused-ring (bicyclic) bond motifs is 2. The second kappa shape index (κ2) is 8.40. The van der Waals surface area contributed by atoms with E-state index in [1.165, 1.54) is 11.1 Å². The zero-order valence-corrected chi connectivity index (χ0v) is 18.4. The number of carbonyl (C=O) groups is 1. The molecule has 0 saturated heterocycles. The number of methoxy groups -OCH3 is 1. The number of anilines is 1. The van der Waals surface area contributed by atoms with Crippen molar-refractivity contribution in [2.24, 2.45) is 0 Å². The van der Waals surface area contributed by atoms with E-state index in [-0.39, 0.29) is 5.41 Å². The standard InChI is InChI=1S/C23H25BrN2O4/c1-29-13-14-30-20-8-4-7-19(25-20)26-23(21(27)28)11-9-22(10-12-23)17-6-3-2-5-16(17)15-18(22)24/h2-8,15H,9-14H2,1H3,(H,25,26)(H,27,28). The van der Waals surface area contributed by atoms with Gasteiger partial charge in [0.1, 0.15) is 18.0 Å². The Balaban J connectivity index is 1.53. The van der Waals surface area contributed by atoms with Crippen molar-refractivity contribution in [3.63, 3.8) is 0 Å². The molecule has 2 aliphatic rings. The summed E-state index contributed by atoms with van der Waals surface area (Å²) in [5, 5.41) is 13.3. The fourth-order valence-corrected chi connectivity index (χ4v) is 5.36. The van der Waals surface area contributed by atoms with Crippen LogP contribution in [0.2, 0.25) is 0 Å². The van der Waals surface area contributed by atoms with Gasteiger partial charge in [0, 0.05) is 23.1 Å². The van der Waals surface area contributed by atoms with Crippen LogP contribution < -0.4 is 10.1 Å². The number of hydrogen-bond acceptors (Lipinski definition) is 5. The summed E-state index contributed by atoms with van der Waals surface area (Å²) in [6.07, 6.45) is 4.64. The molecule has 1 fully saturated rings. The number of carboxylic acids is 1. The van der Waals surface area contributed by atoms with Gasteiger partial charge in [0.15, 0.2) is 0 Å². The minimum Gasteiger partial charge on any atom is -0.480 e. The van der Waals surface area contributed by atoms with Crippen LogP contribution in [0.1, 0.15) is 36.8 Å². The van der Waals surface area contributed by atoms with Gasteiger partial charge in [0.2, 0.25) is 5.88 Å². The Hall–Kier alpha value is -2.38. The van der Waals surface area contributed by atoms with E-state index in [1.807, 2.05) is 12.1 Å². The summed E-state index contributed by atoms with van der Waals surface area (Å²) in [5.41, 5.74) is 1.29. The van der Waals surface area contributed by atoms with Gasteiger partial charge in [-0.1, -0.05) is 46.3 Å². The third-order valence-electron chi connectivity index (χ3n) is 6.21. The highest BCUT2D eigenvalue weighted by molar-refractivity contribution is 9.11. The number of pyridine rings is 1. The third-order valence-corrected chi connectivity index (χ3v) is 7.20. The molecule has 30 heavy (non-hydrogen) atoms. The quantitative estimate of drug-likeness (QED) is 0.572. The lowest BCUT2D eigenvalue weighted by Crippen LogP contribution is -2.52. The van der Waals surface area contributed by atoms with Gasteiger partial charge >= 0.3 is 5.97 Å². The molecule has 2 aromatic rings. The number of hydrogen-bond donors (Lipinski definition) is 2. The molecule has 0 bridgehead atoms. The van der Waals surface area contributed by atoms with E-state index in [4.69, 9.17) is 9.47 Å². The fourth-order valence-electron chi connectivity index (χ4n) is 4.51.